The Balaban J connectivity index is 1.71. The van der Waals surface area contributed by atoms with Crippen LogP contribution in [0.3, 0.4) is 0 Å². The van der Waals surface area contributed by atoms with Crippen LogP contribution in [-0.2, 0) is 21.0 Å². The van der Waals surface area contributed by atoms with Gasteiger partial charge in [0.05, 0.1) is 11.4 Å². The average molecular weight is 444 g/mol. The van der Waals surface area contributed by atoms with Gasteiger partial charge < -0.3 is 10.1 Å². The first kappa shape index (κ1) is 22.0. The maximum atomic E-state index is 12.9. The maximum Gasteiger partial charge on any atom is 0.433 e. The van der Waals surface area contributed by atoms with E-state index in [2.05, 4.69) is 15.3 Å². The number of hydrogen-bond donors (Lipinski definition) is 1. The molecule has 12 heteroatoms. The lowest BCUT2D eigenvalue weighted by atomic mass is 10.1. The quantitative estimate of drug-likeness (QED) is 0.761. The number of carbonyl (C=O) groups is 1. The summed E-state index contributed by atoms with van der Waals surface area (Å²) < 4.78 is 70.8. The lowest BCUT2D eigenvalue weighted by molar-refractivity contribution is -0.141. The molecule has 2 aromatic rings. The molecule has 1 aromatic heterocycles. The first-order valence-electron chi connectivity index (χ1n) is 9.00. The average Bonchev–Trinajstić information content (AvgIpc) is 2.68. The molecule has 0 bridgehead atoms. The summed E-state index contributed by atoms with van der Waals surface area (Å²) in [6.45, 7) is 1.54. The topological polar surface area (TPSA) is 101 Å². The highest BCUT2D eigenvalue weighted by Gasteiger charge is 2.34. The third kappa shape index (κ3) is 5.25. The first-order chi connectivity index (χ1) is 14.1. The Morgan fingerprint density at radius 1 is 1.23 bits per heavy atom. The number of nitrogens with one attached hydrogen (secondary N) is 1. The molecule has 8 nitrogen and oxygen atoms in total. The normalized spacial score (nSPS) is 18.1. The predicted octanol–water partition coefficient (Wildman–Crippen LogP) is 2.69. The van der Waals surface area contributed by atoms with E-state index in [0.717, 1.165) is 12.3 Å². The molecule has 0 radical (unpaired) electrons. The van der Waals surface area contributed by atoms with Gasteiger partial charge in [-0.2, -0.15) is 22.5 Å². The zero-order valence-corrected chi connectivity index (χ0v) is 16.7. The lowest BCUT2D eigenvalue weighted by Gasteiger charge is -2.31. The molecule has 0 saturated carbocycles. The number of anilines is 1. The van der Waals surface area contributed by atoms with Crippen molar-refractivity contribution in [2.24, 2.45) is 0 Å². The van der Waals surface area contributed by atoms with Gasteiger partial charge in [0.25, 0.3) is 0 Å². The lowest BCUT2D eigenvalue weighted by Crippen LogP contribution is -2.44. The molecule has 1 atom stereocenters. The van der Waals surface area contributed by atoms with E-state index in [-0.39, 0.29) is 23.9 Å². The number of nitrogens with zero attached hydrogens (tertiary/aromatic N) is 3. The predicted molar refractivity (Wildman–Crippen MR) is 100 cm³/mol. The second kappa shape index (κ2) is 8.56. The van der Waals surface area contributed by atoms with Crippen LogP contribution in [0.2, 0.25) is 0 Å². The number of piperidine rings is 1. The Hall–Kier alpha value is -2.73. The molecule has 2 heterocycles. The number of amides is 1. The number of aromatic nitrogens is 2. The number of alkyl halides is 3. The van der Waals surface area contributed by atoms with Crippen molar-refractivity contribution in [2.45, 2.75) is 36.9 Å². The Morgan fingerprint density at radius 2 is 1.93 bits per heavy atom. The van der Waals surface area contributed by atoms with Crippen molar-refractivity contribution in [1.29, 1.82) is 0 Å². The van der Waals surface area contributed by atoms with Crippen LogP contribution < -0.4 is 10.1 Å². The number of rotatable bonds is 5. The Kier molecular flexibility index (Phi) is 6.27. The van der Waals surface area contributed by atoms with Crippen LogP contribution in [0.15, 0.2) is 41.4 Å². The van der Waals surface area contributed by atoms with Gasteiger partial charge in [-0.1, -0.05) is 0 Å². The molecule has 0 spiro atoms. The van der Waals surface area contributed by atoms with E-state index in [1.807, 2.05) is 0 Å². The third-order valence-electron chi connectivity index (χ3n) is 4.35. The number of hydrogen-bond acceptors (Lipinski definition) is 6. The monoisotopic (exact) mass is 444 g/mol. The van der Waals surface area contributed by atoms with Gasteiger partial charge in [0, 0.05) is 25.4 Å². The molecule has 0 aliphatic carbocycles. The highest BCUT2D eigenvalue weighted by Crippen LogP contribution is 2.29. The van der Waals surface area contributed by atoms with E-state index in [0.29, 0.717) is 18.5 Å². The summed E-state index contributed by atoms with van der Waals surface area (Å²) in [6, 6.07) is 5.98. The van der Waals surface area contributed by atoms with Gasteiger partial charge in [-0.3, -0.25) is 4.79 Å². The molecule has 162 valence electrons. The van der Waals surface area contributed by atoms with E-state index in [1.165, 1.54) is 35.5 Å². The number of sulfonamides is 1. The minimum Gasteiger partial charge on any atom is -0.459 e. The molecule has 1 aromatic carbocycles. The van der Waals surface area contributed by atoms with Crippen LogP contribution in [0.1, 0.15) is 25.5 Å². The van der Waals surface area contributed by atoms with Crippen molar-refractivity contribution in [3.05, 3.63) is 42.2 Å². The highest BCUT2D eigenvalue weighted by molar-refractivity contribution is 7.89. The zero-order chi connectivity index (χ0) is 21.9. The van der Waals surface area contributed by atoms with Gasteiger partial charge in [-0.15, -0.1) is 0 Å². The molecular weight excluding hydrogens is 425 g/mol. The van der Waals surface area contributed by atoms with Crippen LogP contribution >= 0.6 is 0 Å². The number of carbonyl (C=O) groups excluding carboxylic acids is 1. The first-order valence-corrected chi connectivity index (χ1v) is 10.4. The molecule has 1 amide bonds. The van der Waals surface area contributed by atoms with Crippen LogP contribution in [0.4, 0.5) is 18.9 Å². The van der Waals surface area contributed by atoms with Crippen molar-refractivity contribution in [3.63, 3.8) is 0 Å². The molecule has 30 heavy (non-hydrogen) atoms. The third-order valence-corrected chi connectivity index (χ3v) is 6.23. The largest absolute Gasteiger partial charge is 0.459 e. The minimum atomic E-state index is -4.63. The summed E-state index contributed by atoms with van der Waals surface area (Å²) >= 11 is 0. The molecule has 1 unspecified atom stereocenters. The Bertz CT molecular complexity index is 1010. The van der Waals surface area contributed by atoms with Crippen LogP contribution in [0.25, 0.3) is 0 Å². The van der Waals surface area contributed by atoms with E-state index >= 15 is 0 Å². The number of benzene rings is 1. The molecular formula is C18H19F3N4O4S. The zero-order valence-electron chi connectivity index (χ0n) is 15.9. The maximum absolute atomic E-state index is 12.9. The fourth-order valence-electron chi connectivity index (χ4n) is 2.99. The number of ether oxygens (including phenoxy) is 1. The second-order valence-electron chi connectivity index (χ2n) is 6.67. The van der Waals surface area contributed by atoms with Gasteiger partial charge >= 0.3 is 12.2 Å². The number of halogens is 3. The molecule has 1 fully saturated rings. The van der Waals surface area contributed by atoms with Gasteiger partial charge in [0.1, 0.15) is 6.10 Å². The van der Waals surface area contributed by atoms with E-state index in [1.54, 1.807) is 0 Å². The highest BCUT2D eigenvalue weighted by atomic mass is 32.2. The van der Waals surface area contributed by atoms with Crippen molar-refractivity contribution in [2.75, 3.05) is 18.4 Å². The van der Waals surface area contributed by atoms with Crippen molar-refractivity contribution >= 4 is 21.6 Å². The minimum absolute atomic E-state index is 0.0348. The van der Waals surface area contributed by atoms with Crippen LogP contribution in [0.5, 0.6) is 6.01 Å². The summed E-state index contributed by atoms with van der Waals surface area (Å²) in [5.74, 6) is -0.279. The van der Waals surface area contributed by atoms with Gasteiger partial charge in [0.15, 0.2) is 5.69 Å². The molecule has 1 aliphatic heterocycles. The van der Waals surface area contributed by atoms with Crippen molar-refractivity contribution in [3.8, 4) is 6.01 Å². The molecule has 1 saturated heterocycles. The Morgan fingerprint density at radius 3 is 2.57 bits per heavy atom. The smallest absolute Gasteiger partial charge is 0.433 e. The summed E-state index contributed by atoms with van der Waals surface area (Å²) in [5, 5.41) is 2.55. The summed E-state index contributed by atoms with van der Waals surface area (Å²) in [4.78, 5) is 18.2. The Labute approximate surface area is 171 Å². The van der Waals surface area contributed by atoms with Gasteiger partial charge in [-0.05, 0) is 43.2 Å². The summed E-state index contributed by atoms with van der Waals surface area (Å²) in [7, 11) is -3.84. The van der Waals surface area contributed by atoms with E-state index in [4.69, 9.17) is 4.74 Å². The molecule has 1 aliphatic rings. The van der Waals surface area contributed by atoms with Gasteiger partial charge in [0.2, 0.25) is 15.9 Å². The van der Waals surface area contributed by atoms with Crippen LogP contribution in [-0.4, -0.2) is 47.8 Å². The second-order valence-corrected chi connectivity index (χ2v) is 8.61. The van der Waals surface area contributed by atoms with E-state index in [9.17, 15) is 26.4 Å². The van der Waals surface area contributed by atoms with Gasteiger partial charge in [-0.25, -0.2) is 13.4 Å². The molecule has 3 rings (SSSR count). The SMILES string of the molecule is CC(=O)Nc1ccc(S(=O)(=O)N2CCCC(Oc3nccc(C(F)(F)F)n3)C2)cc1. The standard InChI is InChI=1S/C18H19F3N4O4S/c1-12(26)23-13-4-6-15(7-5-13)30(27,28)25-10-2-3-14(11-25)29-17-22-9-8-16(24-17)18(19,20)21/h4-9,14H,2-3,10-11H2,1H3,(H,23,26). The molecule has 1 N–H and O–H groups in total. The fourth-order valence-corrected chi connectivity index (χ4v) is 4.50. The van der Waals surface area contributed by atoms with Crippen molar-refractivity contribution in [1.82, 2.24) is 14.3 Å². The summed E-state index contributed by atoms with van der Waals surface area (Å²) in [5.41, 5.74) is -0.671. The summed E-state index contributed by atoms with van der Waals surface area (Å²) in [6.07, 6.45) is -3.46. The fraction of sp³-hybridized carbons (Fsp3) is 0.389. The van der Waals surface area contributed by atoms with Crippen LogP contribution in [0, 0.1) is 0 Å². The van der Waals surface area contributed by atoms with Crippen molar-refractivity contribution < 1.29 is 31.1 Å². The van der Waals surface area contributed by atoms with E-state index < -0.39 is 34.0 Å².